The van der Waals surface area contributed by atoms with Gasteiger partial charge in [-0.3, -0.25) is 0 Å². The van der Waals surface area contributed by atoms with E-state index in [0.717, 1.165) is 13.1 Å². The third-order valence-corrected chi connectivity index (χ3v) is 6.95. The number of nitrogens with zero attached hydrogens (tertiary/aromatic N) is 1. The zero-order chi connectivity index (χ0) is 18.5. The number of carbonyl (C=O) groups excluding carboxylic acids is 1. The van der Waals surface area contributed by atoms with E-state index in [1.54, 1.807) is 12.1 Å². The van der Waals surface area contributed by atoms with E-state index in [0.29, 0.717) is 29.7 Å². The molecule has 1 aromatic carbocycles. The van der Waals surface area contributed by atoms with Crippen LogP contribution in [0.4, 0.5) is 8.78 Å². The van der Waals surface area contributed by atoms with E-state index < -0.39 is 23.2 Å². The minimum atomic E-state index is -2.76. The predicted molar refractivity (Wildman–Crippen MR) is 91.7 cm³/mol. The lowest BCUT2D eigenvalue weighted by atomic mass is 9.65. The highest BCUT2D eigenvalue weighted by atomic mass is 19.3. The van der Waals surface area contributed by atoms with Gasteiger partial charge >= 0.3 is 5.97 Å². The van der Waals surface area contributed by atoms with E-state index in [4.69, 9.17) is 0 Å². The van der Waals surface area contributed by atoms with Crippen molar-refractivity contribution in [3.8, 4) is 0 Å². The highest BCUT2D eigenvalue weighted by Crippen LogP contribution is 2.60. The fraction of sp³-hybridized carbons (Fsp3) is 0.650. The quantitative estimate of drug-likeness (QED) is 0.640. The second-order valence-corrected chi connectivity index (χ2v) is 8.43. The van der Waals surface area contributed by atoms with Crippen LogP contribution in [0.5, 0.6) is 0 Å². The zero-order valence-corrected chi connectivity index (χ0v) is 14.9. The molecule has 142 valence electrons. The molecule has 0 radical (unpaired) electrons. The Labute approximate surface area is 152 Å². The molecule has 1 aliphatic heterocycles. The summed E-state index contributed by atoms with van der Waals surface area (Å²) in [6.45, 7) is 1.96. The number of carbonyl (C=O) groups is 1. The minimum absolute atomic E-state index is 0.217. The molecule has 1 saturated heterocycles. The normalized spacial score (nSPS) is 34.9. The van der Waals surface area contributed by atoms with Crippen molar-refractivity contribution in [3.63, 3.8) is 0 Å². The van der Waals surface area contributed by atoms with Crippen LogP contribution in [-0.2, 0) is 15.1 Å². The first-order chi connectivity index (χ1) is 12.4. The number of halogens is 2. The summed E-state index contributed by atoms with van der Waals surface area (Å²) in [6, 6.07) is 9.06. The van der Waals surface area contributed by atoms with Gasteiger partial charge in [-0.15, -0.1) is 0 Å². The van der Waals surface area contributed by atoms with Crippen LogP contribution >= 0.6 is 0 Å². The van der Waals surface area contributed by atoms with Crippen molar-refractivity contribution in [3.05, 3.63) is 35.9 Å². The second kappa shape index (κ2) is 6.27. The van der Waals surface area contributed by atoms with E-state index in [9.17, 15) is 18.8 Å². The van der Waals surface area contributed by atoms with Gasteiger partial charge in [0.15, 0.2) is 0 Å². The van der Waals surface area contributed by atoms with Gasteiger partial charge in [-0.1, -0.05) is 30.3 Å². The summed E-state index contributed by atoms with van der Waals surface area (Å²) >= 11 is 0. The van der Waals surface area contributed by atoms with E-state index in [-0.39, 0.29) is 19.3 Å². The molecule has 2 saturated carbocycles. The Hall–Kier alpha value is -1.53. The third kappa shape index (κ3) is 2.83. The van der Waals surface area contributed by atoms with Crippen LogP contribution in [0.2, 0.25) is 0 Å². The molecule has 4 atom stereocenters. The van der Waals surface area contributed by atoms with Gasteiger partial charge in [-0.2, -0.15) is 5.26 Å². The second-order valence-electron chi connectivity index (χ2n) is 8.43. The highest BCUT2D eigenvalue weighted by Gasteiger charge is 2.62. The molecule has 2 aliphatic carbocycles. The molecule has 1 aromatic rings. The molecule has 3 aliphatic rings. The lowest BCUT2D eigenvalue weighted by Crippen LogP contribution is -2.45. The van der Waals surface area contributed by atoms with Crippen LogP contribution in [-0.4, -0.2) is 42.2 Å². The molecular weight excluding hydrogens is 340 g/mol. The average molecular weight is 365 g/mol. The van der Waals surface area contributed by atoms with Crippen molar-refractivity contribution in [2.45, 2.75) is 37.0 Å². The average Bonchev–Trinajstić information content (AvgIpc) is 2.95. The van der Waals surface area contributed by atoms with Gasteiger partial charge in [0.1, 0.15) is 0 Å². The molecule has 3 unspecified atom stereocenters. The molecule has 0 amide bonds. The third-order valence-electron chi connectivity index (χ3n) is 6.95. The summed E-state index contributed by atoms with van der Waals surface area (Å²) in [5.41, 5.74) is -0.524. The van der Waals surface area contributed by atoms with Crippen LogP contribution in [0.15, 0.2) is 30.3 Å². The summed E-state index contributed by atoms with van der Waals surface area (Å²) < 4.78 is 28.0. The lowest BCUT2D eigenvalue weighted by molar-refractivity contribution is -0.244. The maximum Gasteiger partial charge on any atom is 0.352 e. The number of piperidine rings is 1. The summed E-state index contributed by atoms with van der Waals surface area (Å²) in [5.74, 6) is -2.74. The van der Waals surface area contributed by atoms with Gasteiger partial charge in [-0.25, -0.2) is 13.6 Å². The molecule has 1 heterocycles. The fourth-order valence-corrected chi connectivity index (χ4v) is 5.61. The molecule has 3 fully saturated rings. The van der Waals surface area contributed by atoms with Crippen LogP contribution in [0.1, 0.15) is 31.2 Å². The molecule has 26 heavy (non-hydrogen) atoms. The Balaban J connectivity index is 1.71. The lowest BCUT2D eigenvalue weighted by Gasteiger charge is -2.37. The molecule has 0 bridgehead atoms. The fourth-order valence-electron chi connectivity index (χ4n) is 5.61. The molecule has 4 rings (SSSR count). The highest BCUT2D eigenvalue weighted by molar-refractivity contribution is 5.83. The topological polar surface area (TPSA) is 49.8 Å². The SMILES string of the molecule is CN1CC2C(C1)C2C[C@](C(=O)OO)(c1ccccc1)C1CCC(F)(F)C1. The Kier molecular flexibility index (Phi) is 4.31. The molecule has 6 heteroatoms. The summed E-state index contributed by atoms with van der Waals surface area (Å²) in [5, 5.41) is 9.26. The van der Waals surface area contributed by atoms with Gasteiger partial charge in [0.2, 0.25) is 5.92 Å². The molecule has 0 aromatic heterocycles. The van der Waals surface area contributed by atoms with Crippen molar-refractivity contribution < 1.29 is 23.7 Å². The smallest absolute Gasteiger partial charge is 0.306 e. The summed E-state index contributed by atoms with van der Waals surface area (Å²) in [4.78, 5) is 19.3. The molecule has 1 N–H and O–H groups in total. The molecule has 0 spiro atoms. The minimum Gasteiger partial charge on any atom is -0.306 e. The standard InChI is InChI=1S/C20H25F2NO3/c1-23-11-16-15(17(16)12-23)10-20(18(24)26-25,13-5-3-2-4-6-13)14-7-8-19(21,22)9-14/h2-6,14-17,25H,7-12H2,1H3/t14?,15?,16?,17?,20-/m0/s1. The number of likely N-dealkylation sites (tertiary alicyclic amines) is 1. The monoisotopic (exact) mass is 365 g/mol. The number of fused-ring (bicyclic) bond motifs is 1. The largest absolute Gasteiger partial charge is 0.352 e. The predicted octanol–water partition coefficient (Wildman–Crippen LogP) is 3.57. The van der Waals surface area contributed by atoms with Crippen molar-refractivity contribution in [2.24, 2.45) is 23.7 Å². The number of hydrogen-bond acceptors (Lipinski definition) is 4. The van der Waals surface area contributed by atoms with Crippen LogP contribution in [0.25, 0.3) is 0 Å². The van der Waals surface area contributed by atoms with Gasteiger partial charge in [-0.05, 0) is 49.1 Å². The van der Waals surface area contributed by atoms with Gasteiger partial charge in [0.05, 0.1) is 5.41 Å². The first-order valence-corrected chi connectivity index (χ1v) is 9.35. The number of rotatable bonds is 5. The maximum absolute atomic E-state index is 14.0. The summed E-state index contributed by atoms with van der Waals surface area (Å²) in [7, 11) is 2.08. The Morgan fingerprint density at radius 2 is 1.96 bits per heavy atom. The van der Waals surface area contributed by atoms with E-state index >= 15 is 0 Å². The molecule has 4 nitrogen and oxygen atoms in total. The van der Waals surface area contributed by atoms with Gasteiger partial charge < -0.3 is 9.79 Å². The number of alkyl halides is 2. The Morgan fingerprint density at radius 3 is 2.50 bits per heavy atom. The van der Waals surface area contributed by atoms with Gasteiger partial charge in [0.25, 0.3) is 0 Å². The Bertz CT molecular complexity index is 671. The van der Waals surface area contributed by atoms with E-state index in [1.165, 1.54) is 0 Å². The van der Waals surface area contributed by atoms with Crippen LogP contribution in [0, 0.1) is 23.7 Å². The number of hydrogen-bond donors (Lipinski definition) is 1. The van der Waals surface area contributed by atoms with E-state index in [2.05, 4.69) is 16.8 Å². The van der Waals surface area contributed by atoms with Crippen molar-refractivity contribution in [1.29, 1.82) is 0 Å². The van der Waals surface area contributed by atoms with Gasteiger partial charge in [0, 0.05) is 25.9 Å². The van der Waals surface area contributed by atoms with Crippen molar-refractivity contribution in [2.75, 3.05) is 20.1 Å². The van der Waals surface area contributed by atoms with Crippen molar-refractivity contribution >= 4 is 5.97 Å². The first-order valence-electron chi connectivity index (χ1n) is 9.35. The maximum atomic E-state index is 14.0. The van der Waals surface area contributed by atoms with Crippen molar-refractivity contribution in [1.82, 2.24) is 4.90 Å². The van der Waals surface area contributed by atoms with Crippen LogP contribution < -0.4 is 0 Å². The summed E-state index contributed by atoms with van der Waals surface area (Å²) in [6.07, 6.45) is 0.184. The molecular formula is C20H25F2NO3. The van der Waals surface area contributed by atoms with E-state index in [1.807, 2.05) is 18.2 Å². The zero-order valence-electron chi connectivity index (χ0n) is 14.9. The first kappa shape index (κ1) is 17.9. The van der Waals surface area contributed by atoms with Crippen LogP contribution in [0.3, 0.4) is 0 Å². The number of benzene rings is 1. The Morgan fingerprint density at radius 1 is 1.31 bits per heavy atom.